The van der Waals surface area contributed by atoms with Crippen LogP contribution in [0.25, 0.3) is 0 Å². The molecule has 0 aliphatic heterocycles. The minimum Gasteiger partial charge on any atom is -0.312 e. The molecule has 0 rings (SSSR count). The van der Waals surface area contributed by atoms with Gasteiger partial charge < -0.3 is 9.05 Å². The molecule has 146 valence electrons. The van der Waals surface area contributed by atoms with E-state index in [1.54, 1.807) is 0 Å². The summed E-state index contributed by atoms with van der Waals surface area (Å²) in [5, 5.41) is 0. The van der Waals surface area contributed by atoms with E-state index in [-0.39, 0.29) is 0 Å². The Morgan fingerprint density at radius 2 is 0.833 bits per heavy atom. The van der Waals surface area contributed by atoms with E-state index < -0.39 is 7.60 Å². The standard InChI is InChI=1S/C20H43O3P/c1-4-5-6-7-8-9-10-11-12-13-14-15-16-17-18-19-20-24(21,22-2)23-3/h4-20H2,1-3H3. The lowest BCUT2D eigenvalue weighted by atomic mass is 10.0. The predicted octanol–water partition coefficient (Wildman–Crippen LogP) is 7.73. The van der Waals surface area contributed by atoms with Crippen LogP contribution in [0.1, 0.15) is 110 Å². The smallest absolute Gasteiger partial charge is 0.312 e. The Labute approximate surface area is 151 Å². The average Bonchev–Trinajstić information content (AvgIpc) is 2.61. The molecule has 0 aliphatic carbocycles. The zero-order valence-electron chi connectivity index (χ0n) is 16.7. The van der Waals surface area contributed by atoms with Gasteiger partial charge >= 0.3 is 7.60 Å². The van der Waals surface area contributed by atoms with Crippen molar-refractivity contribution in [1.29, 1.82) is 0 Å². The van der Waals surface area contributed by atoms with E-state index >= 15 is 0 Å². The van der Waals surface area contributed by atoms with Gasteiger partial charge in [-0.3, -0.25) is 4.57 Å². The van der Waals surface area contributed by atoms with Gasteiger partial charge in [0, 0.05) is 14.2 Å². The van der Waals surface area contributed by atoms with Crippen molar-refractivity contribution in [1.82, 2.24) is 0 Å². The first-order valence-electron chi connectivity index (χ1n) is 10.4. The molecule has 3 nitrogen and oxygen atoms in total. The van der Waals surface area contributed by atoms with E-state index in [2.05, 4.69) is 6.92 Å². The van der Waals surface area contributed by atoms with E-state index in [1.165, 1.54) is 104 Å². The van der Waals surface area contributed by atoms with E-state index in [4.69, 9.17) is 9.05 Å². The Morgan fingerprint density at radius 1 is 0.542 bits per heavy atom. The summed E-state index contributed by atoms with van der Waals surface area (Å²) in [5.41, 5.74) is 0. The van der Waals surface area contributed by atoms with Crippen molar-refractivity contribution in [3.63, 3.8) is 0 Å². The topological polar surface area (TPSA) is 35.5 Å². The van der Waals surface area contributed by atoms with Gasteiger partial charge in [0.05, 0.1) is 6.16 Å². The van der Waals surface area contributed by atoms with Crippen molar-refractivity contribution in [2.24, 2.45) is 0 Å². The third-order valence-corrected chi connectivity index (χ3v) is 6.82. The third kappa shape index (κ3) is 15.7. The van der Waals surface area contributed by atoms with Crippen LogP contribution in [0.5, 0.6) is 0 Å². The van der Waals surface area contributed by atoms with Gasteiger partial charge in [-0.05, 0) is 6.42 Å². The Kier molecular flexibility index (Phi) is 18.1. The molecule has 24 heavy (non-hydrogen) atoms. The van der Waals surface area contributed by atoms with Crippen LogP contribution < -0.4 is 0 Å². The second-order valence-electron chi connectivity index (χ2n) is 7.00. The minimum atomic E-state index is -2.77. The van der Waals surface area contributed by atoms with Gasteiger partial charge in [0.15, 0.2) is 0 Å². The summed E-state index contributed by atoms with van der Waals surface area (Å²) >= 11 is 0. The largest absolute Gasteiger partial charge is 0.330 e. The van der Waals surface area contributed by atoms with Crippen LogP contribution in [-0.2, 0) is 13.6 Å². The van der Waals surface area contributed by atoms with E-state index in [9.17, 15) is 4.57 Å². The molecule has 0 aromatic rings. The Bertz CT molecular complexity index is 287. The van der Waals surface area contributed by atoms with Gasteiger partial charge in [0.25, 0.3) is 0 Å². The van der Waals surface area contributed by atoms with Crippen LogP contribution in [0, 0.1) is 0 Å². The van der Waals surface area contributed by atoms with Gasteiger partial charge in [-0.25, -0.2) is 0 Å². The maximum absolute atomic E-state index is 11.9. The zero-order valence-corrected chi connectivity index (χ0v) is 17.6. The number of rotatable bonds is 19. The summed E-state index contributed by atoms with van der Waals surface area (Å²) in [4.78, 5) is 0. The Hall–Kier alpha value is 0.150. The van der Waals surface area contributed by atoms with Crippen molar-refractivity contribution < 1.29 is 13.6 Å². The third-order valence-electron chi connectivity index (χ3n) is 4.84. The van der Waals surface area contributed by atoms with Crippen molar-refractivity contribution >= 4 is 7.60 Å². The quantitative estimate of drug-likeness (QED) is 0.174. The van der Waals surface area contributed by atoms with Crippen LogP contribution in [0.2, 0.25) is 0 Å². The highest BCUT2D eigenvalue weighted by molar-refractivity contribution is 7.53. The molecule has 4 heteroatoms. The van der Waals surface area contributed by atoms with Crippen LogP contribution in [0.3, 0.4) is 0 Å². The van der Waals surface area contributed by atoms with Gasteiger partial charge in [0.2, 0.25) is 0 Å². The molecule has 0 radical (unpaired) electrons. The summed E-state index contributed by atoms with van der Waals surface area (Å²) in [6, 6.07) is 0. The molecule has 0 heterocycles. The highest BCUT2D eigenvalue weighted by Gasteiger charge is 2.19. The number of unbranched alkanes of at least 4 members (excludes halogenated alkanes) is 15. The van der Waals surface area contributed by atoms with Crippen molar-refractivity contribution in [3.05, 3.63) is 0 Å². The second-order valence-corrected chi connectivity index (χ2v) is 9.40. The van der Waals surface area contributed by atoms with E-state index in [1.807, 2.05) is 0 Å². The lowest BCUT2D eigenvalue weighted by Crippen LogP contribution is -1.94. The van der Waals surface area contributed by atoms with Crippen LogP contribution in [0.4, 0.5) is 0 Å². The molecule has 0 N–H and O–H groups in total. The molecule has 0 aromatic carbocycles. The van der Waals surface area contributed by atoms with Crippen LogP contribution in [0.15, 0.2) is 0 Å². The fraction of sp³-hybridized carbons (Fsp3) is 1.00. The van der Waals surface area contributed by atoms with E-state index in [0.717, 1.165) is 12.8 Å². The molecular formula is C20H43O3P. The fourth-order valence-corrected chi connectivity index (χ4v) is 4.24. The van der Waals surface area contributed by atoms with Crippen molar-refractivity contribution in [3.8, 4) is 0 Å². The first kappa shape index (κ1) is 24.1. The van der Waals surface area contributed by atoms with Crippen molar-refractivity contribution in [2.45, 2.75) is 110 Å². The summed E-state index contributed by atoms with van der Waals surface area (Å²) in [5.74, 6) is 0. The fourth-order valence-electron chi connectivity index (χ4n) is 3.11. The molecule has 0 bridgehead atoms. The summed E-state index contributed by atoms with van der Waals surface area (Å²) in [6.07, 6.45) is 22.1. The Morgan fingerprint density at radius 3 is 1.12 bits per heavy atom. The second kappa shape index (κ2) is 18.0. The molecule has 0 unspecified atom stereocenters. The van der Waals surface area contributed by atoms with Crippen LogP contribution >= 0.6 is 7.60 Å². The van der Waals surface area contributed by atoms with Crippen molar-refractivity contribution in [2.75, 3.05) is 20.4 Å². The van der Waals surface area contributed by atoms with E-state index in [0.29, 0.717) is 6.16 Å². The lowest BCUT2D eigenvalue weighted by Gasteiger charge is -2.12. The maximum atomic E-state index is 11.9. The average molecular weight is 363 g/mol. The molecule has 0 spiro atoms. The maximum Gasteiger partial charge on any atom is 0.330 e. The molecule has 0 fully saturated rings. The first-order valence-corrected chi connectivity index (χ1v) is 12.1. The molecule has 0 aliphatic rings. The minimum absolute atomic E-state index is 0.554. The Balaban J connectivity index is 3.14. The van der Waals surface area contributed by atoms with Gasteiger partial charge in [-0.15, -0.1) is 0 Å². The highest BCUT2D eigenvalue weighted by Crippen LogP contribution is 2.47. The normalized spacial score (nSPS) is 12.0. The molecule has 0 aromatic heterocycles. The van der Waals surface area contributed by atoms with Gasteiger partial charge in [-0.1, -0.05) is 103 Å². The summed E-state index contributed by atoms with van der Waals surface area (Å²) < 4.78 is 21.7. The monoisotopic (exact) mass is 362 g/mol. The summed E-state index contributed by atoms with van der Waals surface area (Å²) in [6.45, 7) is 2.28. The lowest BCUT2D eigenvalue weighted by molar-refractivity contribution is 0.275. The van der Waals surface area contributed by atoms with Gasteiger partial charge in [-0.2, -0.15) is 0 Å². The van der Waals surface area contributed by atoms with Crippen LogP contribution in [-0.4, -0.2) is 20.4 Å². The molecule has 0 saturated heterocycles. The number of hydrogen-bond acceptors (Lipinski definition) is 3. The van der Waals surface area contributed by atoms with Gasteiger partial charge in [0.1, 0.15) is 0 Å². The molecular weight excluding hydrogens is 319 g/mol. The molecule has 0 atom stereocenters. The molecule has 0 amide bonds. The SMILES string of the molecule is CCCCCCCCCCCCCCCCCCP(=O)(OC)OC. The molecule has 0 saturated carbocycles. The predicted molar refractivity (Wildman–Crippen MR) is 106 cm³/mol. The highest BCUT2D eigenvalue weighted by atomic mass is 31.2. The number of hydrogen-bond donors (Lipinski definition) is 0. The summed E-state index contributed by atoms with van der Waals surface area (Å²) in [7, 11) is 0.169. The first-order chi connectivity index (χ1) is 11.7. The zero-order chi connectivity index (χ0) is 17.9.